The number of nitrogens with zero attached hydrogens (tertiary/aromatic N) is 5. The first-order chi connectivity index (χ1) is 13.0. The van der Waals surface area contributed by atoms with Crippen LogP contribution in [0.3, 0.4) is 0 Å². The van der Waals surface area contributed by atoms with E-state index >= 15 is 0 Å². The number of anilines is 2. The average molecular weight is 371 g/mol. The highest BCUT2D eigenvalue weighted by Gasteiger charge is 2.14. The third kappa shape index (κ3) is 5.02. The van der Waals surface area contributed by atoms with E-state index in [0.29, 0.717) is 19.0 Å². The maximum atomic E-state index is 12.1. The number of hydrogen-bond acceptors (Lipinski definition) is 7. The van der Waals surface area contributed by atoms with E-state index in [1.807, 2.05) is 13.0 Å². The quantitative estimate of drug-likeness (QED) is 0.721. The lowest BCUT2D eigenvalue weighted by molar-refractivity contribution is 0.0948. The van der Waals surface area contributed by atoms with Gasteiger partial charge in [0.1, 0.15) is 11.5 Å². The molecule has 9 heteroatoms. The number of aryl methyl sites for hydroxylation is 2. The predicted molar refractivity (Wildman–Crippen MR) is 103 cm³/mol. The third-order valence-electron chi connectivity index (χ3n) is 4.41. The van der Waals surface area contributed by atoms with Crippen molar-refractivity contribution in [1.29, 1.82) is 0 Å². The average Bonchev–Trinajstić information content (AvgIpc) is 2.67. The van der Waals surface area contributed by atoms with E-state index < -0.39 is 0 Å². The molecule has 1 aliphatic rings. The molecule has 0 radical (unpaired) electrons. The lowest BCUT2D eigenvalue weighted by Gasteiger charge is -2.28. The summed E-state index contributed by atoms with van der Waals surface area (Å²) in [5.41, 5.74) is 0.858. The molecule has 1 aliphatic heterocycles. The molecule has 3 heterocycles. The zero-order valence-corrected chi connectivity index (χ0v) is 15.7. The van der Waals surface area contributed by atoms with Crippen LogP contribution in [0.4, 0.5) is 11.8 Å². The molecule has 0 aliphatic carbocycles. The zero-order valence-electron chi connectivity index (χ0n) is 15.7. The minimum atomic E-state index is -0.327. The van der Waals surface area contributed by atoms with Gasteiger partial charge in [-0.25, -0.2) is 9.67 Å². The van der Waals surface area contributed by atoms with Gasteiger partial charge in [0.2, 0.25) is 5.95 Å². The van der Waals surface area contributed by atoms with Crippen molar-refractivity contribution in [1.82, 2.24) is 25.1 Å². The second-order valence-electron chi connectivity index (χ2n) is 6.60. The minimum Gasteiger partial charge on any atom is -0.356 e. The molecule has 1 saturated heterocycles. The molecular weight excluding hydrogens is 346 g/mol. The van der Waals surface area contributed by atoms with Gasteiger partial charge in [-0.2, -0.15) is 10.1 Å². The summed E-state index contributed by atoms with van der Waals surface area (Å²) in [4.78, 5) is 34.7. The van der Waals surface area contributed by atoms with E-state index in [1.165, 1.54) is 38.4 Å². The fourth-order valence-electron chi connectivity index (χ4n) is 2.98. The first kappa shape index (κ1) is 18.8. The standard InChI is InChI=1S/C18H25N7O2/c1-13-12-15(25-10-4-3-5-11-25)22-18(21-13)20-9-8-19-17(27)14-6-7-16(26)24(2)23-14/h6-7,12H,3-5,8-11H2,1-2H3,(H,19,27)(H,20,21,22). The molecule has 0 aromatic carbocycles. The van der Waals surface area contributed by atoms with Crippen molar-refractivity contribution in [2.45, 2.75) is 26.2 Å². The molecule has 1 fully saturated rings. The first-order valence-corrected chi connectivity index (χ1v) is 9.20. The van der Waals surface area contributed by atoms with Crippen LogP contribution in [0.15, 0.2) is 23.0 Å². The van der Waals surface area contributed by atoms with Gasteiger partial charge >= 0.3 is 0 Å². The highest BCUT2D eigenvalue weighted by Crippen LogP contribution is 2.19. The van der Waals surface area contributed by atoms with E-state index in [-0.39, 0.29) is 17.2 Å². The molecule has 144 valence electrons. The summed E-state index contributed by atoms with van der Waals surface area (Å²) in [6, 6.07) is 4.74. The number of nitrogens with one attached hydrogen (secondary N) is 2. The van der Waals surface area contributed by atoms with Crippen LogP contribution in [-0.4, -0.2) is 51.8 Å². The Kier molecular flexibility index (Phi) is 6.00. The van der Waals surface area contributed by atoms with Crippen LogP contribution in [-0.2, 0) is 7.05 Å². The molecule has 3 rings (SSSR count). The van der Waals surface area contributed by atoms with Crippen molar-refractivity contribution in [3.8, 4) is 0 Å². The Morgan fingerprint density at radius 3 is 2.67 bits per heavy atom. The molecule has 0 atom stereocenters. The fourth-order valence-corrected chi connectivity index (χ4v) is 2.98. The minimum absolute atomic E-state index is 0.205. The second-order valence-corrected chi connectivity index (χ2v) is 6.60. The smallest absolute Gasteiger partial charge is 0.271 e. The molecular formula is C18H25N7O2. The van der Waals surface area contributed by atoms with Crippen molar-refractivity contribution in [3.05, 3.63) is 39.9 Å². The maximum Gasteiger partial charge on any atom is 0.271 e. The summed E-state index contributed by atoms with van der Waals surface area (Å²) in [6.45, 7) is 4.88. The number of piperidine rings is 1. The molecule has 0 saturated carbocycles. The van der Waals surface area contributed by atoms with Gasteiger partial charge in [0, 0.05) is 51.1 Å². The molecule has 9 nitrogen and oxygen atoms in total. The van der Waals surface area contributed by atoms with E-state index in [4.69, 9.17) is 0 Å². The Labute approximate surface area is 157 Å². The number of rotatable bonds is 6. The number of hydrogen-bond donors (Lipinski definition) is 2. The van der Waals surface area contributed by atoms with Gasteiger partial charge in [-0.1, -0.05) is 0 Å². The van der Waals surface area contributed by atoms with E-state index in [9.17, 15) is 9.59 Å². The second kappa shape index (κ2) is 8.61. The van der Waals surface area contributed by atoms with Crippen molar-refractivity contribution in [3.63, 3.8) is 0 Å². The lowest BCUT2D eigenvalue weighted by Crippen LogP contribution is -2.32. The maximum absolute atomic E-state index is 12.1. The van der Waals surface area contributed by atoms with E-state index in [0.717, 1.165) is 29.3 Å². The summed E-state index contributed by atoms with van der Waals surface area (Å²) in [5, 5.41) is 9.84. The molecule has 2 aromatic heterocycles. The lowest BCUT2D eigenvalue weighted by atomic mass is 10.1. The monoisotopic (exact) mass is 371 g/mol. The van der Waals surface area contributed by atoms with Crippen LogP contribution in [0.5, 0.6) is 0 Å². The topological polar surface area (TPSA) is 105 Å². The third-order valence-corrected chi connectivity index (χ3v) is 4.41. The van der Waals surface area contributed by atoms with Crippen LogP contribution < -0.4 is 21.1 Å². The van der Waals surface area contributed by atoms with Gasteiger partial charge in [0.15, 0.2) is 0 Å². The van der Waals surface area contributed by atoms with E-state index in [2.05, 4.69) is 30.6 Å². The van der Waals surface area contributed by atoms with Crippen molar-refractivity contribution >= 4 is 17.7 Å². The Hall–Kier alpha value is -2.97. The van der Waals surface area contributed by atoms with Crippen LogP contribution in [0.2, 0.25) is 0 Å². The van der Waals surface area contributed by atoms with Crippen molar-refractivity contribution in [2.24, 2.45) is 7.05 Å². The molecule has 1 amide bonds. The number of aromatic nitrogens is 4. The molecule has 27 heavy (non-hydrogen) atoms. The Balaban J connectivity index is 1.52. The van der Waals surface area contributed by atoms with Gasteiger partial charge in [-0.3, -0.25) is 9.59 Å². The van der Waals surface area contributed by atoms with Gasteiger partial charge < -0.3 is 15.5 Å². The number of carbonyl (C=O) groups excluding carboxylic acids is 1. The van der Waals surface area contributed by atoms with Gasteiger partial charge in [-0.15, -0.1) is 0 Å². The molecule has 0 bridgehead atoms. The van der Waals surface area contributed by atoms with Gasteiger partial charge in [0.25, 0.3) is 11.5 Å². The van der Waals surface area contributed by atoms with Crippen molar-refractivity contribution < 1.29 is 4.79 Å². The number of carbonyl (C=O) groups is 1. The fraction of sp³-hybridized carbons (Fsp3) is 0.500. The Bertz CT molecular complexity index is 859. The molecule has 2 aromatic rings. The largest absolute Gasteiger partial charge is 0.356 e. The Morgan fingerprint density at radius 2 is 1.93 bits per heavy atom. The van der Waals surface area contributed by atoms with Gasteiger partial charge in [0.05, 0.1) is 0 Å². The SMILES string of the molecule is Cc1cc(N2CCCCC2)nc(NCCNC(=O)c2ccc(=O)n(C)n2)n1. The number of amides is 1. The summed E-state index contributed by atoms with van der Waals surface area (Å²) in [6.07, 6.45) is 3.66. The summed E-state index contributed by atoms with van der Waals surface area (Å²) in [7, 11) is 1.51. The normalized spacial score (nSPS) is 14.1. The summed E-state index contributed by atoms with van der Waals surface area (Å²) in [5.74, 6) is 1.18. The van der Waals surface area contributed by atoms with Crippen molar-refractivity contribution in [2.75, 3.05) is 36.4 Å². The highest BCUT2D eigenvalue weighted by atomic mass is 16.2. The predicted octanol–water partition coefficient (Wildman–Crippen LogP) is 0.711. The highest BCUT2D eigenvalue weighted by molar-refractivity contribution is 5.91. The molecule has 2 N–H and O–H groups in total. The Morgan fingerprint density at radius 1 is 1.15 bits per heavy atom. The van der Waals surface area contributed by atoms with Crippen LogP contribution in [0, 0.1) is 6.92 Å². The van der Waals surface area contributed by atoms with Crippen LogP contribution in [0.1, 0.15) is 35.4 Å². The summed E-state index contributed by atoms with van der Waals surface area (Å²) >= 11 is 0. The van der Waals surface area contributed by atoms with Crippen LogP contribution >= 0.6 is 0 Å². The molecule has 0 unspecified atom stereocenters. The van der Waals surface area contributed by atoms with Crippen LogP contribution in [0.25, 0.3) is 0 Å². The van der Waals surface area contributed by atoms with E-state index in [1.54, 1.807) is 0 Å². The summed E-state index contributed by atoms with van der Waals surface area (Å²) < 4.78 is 1.13. The zero-order chi connectivity index (χ0) is 19.2. The molecule has 0 spiro atoms. The van der Waals surface area contributed by atoms with Gasteiger partial charge in [-0.05, 0) is 32.3 Å². The first-order valence-electron chi connectivity index (χ1n) is 9.20.